The first-order valence-corrected chi connectivity index (χ1v) is 22.8. The van der Waals surface area contributed by atoms with Crippen LogP contribution in [0, 0.1) is 0 Å². The molecular weight excluding hydrogens is 715 g/mol. The van der Waals surface area contributed by atoms with Crippen LogP contribution in [0.1, 0.15) is 52.7 Å². The van der Waals surface area contributed by atoms with Crippen molar-refractivity contribution >= 4 is 92.5 Å². The van der Waals surface area contributed by atoms with E-state index in [2.05, 4.69) is 210 Å². The molecule has 0 aliphatic carbocycles. The van der Waals surface area contributed by atoms with Crippen LogP contribution in [-0.2, 0) is 10.8 Å². The highest BCUT2D eigenvalue weighted by Crippen LogP contribution is 2.48. The Balaban J connectivity index is 1.30. The maximum absolute atomic E-state index is 7.32. The zero-order chi connectivity index (χ0) is 38.7. The SMILES string of the molecule is CC(C)(C)c1ccc(-c2ccccc2N2c3cc(Cl)cc4c3B3c5c(cccc5[Si](C)(c5ccccc5)c5cccc2c53)N4c2ccc(C(C)(C)C)cc2)cc1. The number of benzene rings is 7. The molecule has 0 saturated heterocycles. The molecule has 5 heteroatoms. The Hall–Kier alpha value is -5.29. The van der Waals surface area contributed by atoms with Crippen molar-refractivity contribution in [3.8, 4) is 11.1 Å². The Morgan fingerprint density at radius 1 is 0.482 bits per heavy atom. The third kappa shape index (κ3) is 5.08. The lowest BCUT2D eigenvalue weighted by atomic mass is 9.33. The molecule has 0 N–H and O–H groups in total. The van der Waals surface area contributed by atoms with Gasteiger partial charge in [-0.3, -0.25) is 0 Å². The van der Waals surface area contributed by atoms with Crippen LogP contribution in [0.4, 0.5) is 34.1 Å². The molecule has 0 aromatic heterocycles. The number of anilines is 6. The minimum Gasteiger partial charge on any atom is -0.311 e. The van der Waals surface area contributed by atoms with Gasteiger partial charge in [0.15, 0.2) is 0 Å². The quantitative estimate of drug-likeness (QED) is 0.165. The van der Waals surface area contributed by atoms with Crippen molar-refractivity contribution in [1.29, 1.82) is 0 Å². The Kier molecular flexibility index (Phi) is 7.75. The molecular formula is C51H46BClN2Si. The van der Waals surface area contributed by atoms with Gasteiger partial charge in [-0.15, -0.1) is 0 Å². The van der Waals surface area contributed by atoms with Crippen molar-refractivity contribution in [3.05, 3.63) is 168 Å². The topological polar surface area (TPSA) is 6.48 Å². The van der Waals surface area contributed by atoms with Crippen LogP contribution in [-0.4, -0.2) is 14.8 Å². The molecule has 0 radical (unpaired) electrons. The maximum atomic E-state index is 7.32. The zero-order valence-electron chi connectivity index (χ0n) is 33.3. The summed E-state index contributed by atoms with van der Waals surface area (Å²) in [7, 11) is -2.52. The fourth-order valence-corrected chi connectivity index (χ4v) is 14.3. The lowest BCUT2D eigenvalue weighted by Crippen LogP contribution is -2.83. The second-order valence-electron chi connectivity index (χ2n) is 18.1. The second-order valence-corrected chi connectivity index (χ2v) is 22.4. The molecule has 56 heavy (non-hydrogen) atoms. The van der Waals surface area contributed by atoms with Gasteiger partial charge in [0.05, 0.1) is 5.69 Å². The van der Waals surface area contributed by atoms with Crippen molar-refractivity contribution in [3.63, 3.8) is 0 Å². The van der Waals surface area contributed by atoms with Crippen LogP contribution in [0.2, 0.25) is 11.6 Å². The Morgan fingerprint density at radius 2 is 0.982 bits per heavy atom. The molecule has 3 aliphatic rings. The summed E-state index contributed by atoms with van der Waals surface area (Å²) in [4.78, 5) is 5.03. The first-order valence-electron chi connectivity index (χ1n) is 19.9. The third-order valence-electron chi connectivity index (χ3n) is 12.7. The summed E-state index contributed by atoms with van der Waals surface area (Å²) in [6.07, 6.45) is 0. The van der Waals surface area contributed by atoms with E-state index in [1.807, 2.05) is 0 Å². The summed E-state index contributed by atoms with van der Waals surface area (Å²) in [5.41, 5.74) is 16.4. The third-order valence-corrected chi connectivity index (χ3v) is 17.5. The van der Waals surface area contributed by atoms with Crippen LogP contribution in [0.15, 0.2) is 152 Å². The largest absolute Gasteiger partial charge is 0.311 e. The van der Waals surface area contributed by atoms with E-state index in [4.69, 9.17) is 11.6 Å². The first kappa shape index (κ1) is 35.1. The molecule has 0 fully saturated rings. The molecule has 274 valence electrons. The summed E-state index contributed by atoms with van der Waals surface area (Å²) in [5, 5.41) is 5.14. The second kappa shape index (κ2) is 12.4. The monoisotopic (exact) mass is 760 g/mol. The number of hydrogen-bond acceptors (Lipinski definition) is 2. The number of rotatable bonds is 4. The predicted molar refractivity (Wildman–Crippen MR) is 245 cm³/mol. The summed E-state index contributed by atoms with van der Waals surface area (Å²) in [6, 6.07) is 57.2. The van der Waals surface area contributed by atoms with E-state index in [9.17, 15) is 0 Å². The number of hydrogen-bond donors (Lipinski definition) is 0. The van der Waals surface area contributed by atoms with Crippen LogP contribution in [0.5, 0.6) is 0 Å². The van der Waals surface area contributed by atoms with Crippen molar-refractivity contribution in [1.82, 2.24) is 0 Å². The lowest BCUT2D eigenvalue weighted by Gasteiger charge is -2.50. The van der Waals surface area contributed by atoms with Crippen LogP contribution >= 0.6 is 11.6 Å². The van der Waals surface area contributed by atoms with Crippen LogP contribution < -0.4 is 41.7 Å². The number of para-hydroxylation sites is 1. The van der Waals surface area contributed by atoms with Gasteiger partial charge < -0.3 is 9.80 Å². The van der Waals surface area contributed by atoms with E-state index < -0.39 is 8.07 Å². The van der Waals surface area contributed by atoms with Gasteiger partial charge in [0.2, 0.25) is 0 Å². The zero-order valence-corrected chi connectivity index (χ0v) is 35.0. The molecule has 0 saturated carbocycles. The summed E-state index contributed by atoms with van der Waals surface area (Å²) < 4.78 is 0. The van der Waals surface area contributed by atoms with Crippen molar-refractivity contribution in [2.24, 2.45) is 0 Å². The highest BCUT2D eigenvalue weighted by molar-refractivity contribution is 7.21. The van der Waals surface area contributed by atoms with E-state index in [0.717, 1.165) is 27.8 Å². The van der Waals surface area contributed by atoms with E-state index in [0.29, 0.717) is 0 Å². The normalized spacial score (nSPS) is 16.5. The molecule has 3 aliphatic heterocycles. The first-order chi connectivity index (χ1) is 26.9. The average molecular weight is 761 g/mol. The lowest BCUT2D eigenvalue weighted by molar-refractivity contribution is 0.590. The fraction of sp³-hybridized carbons (Fsp3) is 0.176. The number of halogens is 1. The molecule has 3 heterocycles. The molecule has 1 atom stereocenters. The summed E-state index contributed by atoms with van der Waals surface area (Å²) >= 11 is 7.32. The Morgan fingerprint density at radius 3 is 1.57 bits per heavy atom. The highest BCUT2D eigenvalue weighted by atomic mass is 35.5. The molecule has 7 aromatic carbocycles. The molecule has 7 aromatic rings. The molecule has 2 nitrogen and oxygen atoms in total. The van der Waals surface area contributed by atoms with E-state index in [1.165, 1.54) is 65.6 Å². The van der Waals surface area contributed by atoms with Crippen LogP contribution in [0.25, 0.3) is 11.1 Å². The van der Waals surface area contributed by atoms with E-state index in [1.54, 1.807) is 0 Å². The van der Waals surface area contributed by atoms with Gasteiger partial charge >= 0.3 is 0 Å². The molecule has 0 spiro atoms. The summed E-state index contributed by atoms with van der Waals surface area (Å²) in [5.74, 6) is 0. The van der Waals surface area contributed by atoms with E-state index in [-0.39, 0.29) is 17.5 Å². The summed E-state index contributed by atoms with van der Waals surface area (Å²) in [6.45, 7) is 16.3. The standard InChI is InChI=1S/C51H46BClN2Si/c1-50(2,3)34-25-23-33(24-26-34)39-17-11-12-18-40(39)55-42-20-14-22-46-49(42)52-47-43(31-36(53)32-44(47)55)54(37-29-27-35(28-30-37)51(4,5)6)41-19-13-21-45(48(41)52)56(46,7)38-15-9-8-10-16-38/h8-32H,1-7H3. The fourth-order valence-electron chi connectivity index (χ4n) is 9.86. The van der Waals surface area contributed by atoms with Gasteiger partial charge in [-0.2, -0.15) is 0 Å². The van der Waals surface area contributed by atoms with Gasteiger partial charge in [0, 0.05) is 39.0 Å². The van der Waals surface area contributed by atoms with Gasteiger partial charge in [0.1, 0.15) is 8.07 Å². The average Bonchev–Trinajstić information content (AvgIpc) is 3.19. The smallest absolute Gasteiger partial charge is 0.251 e. The molecule has 1 unspecified atom stereocenters. The minimum absolute atomic E-state index is 0.0524. The van der Waals surface area contributed by atoms with Crippen molar-refractivity contribution < 1.29 is 0 Å². The maximum Gasteiger partial charge on any atom is 0.251 e. The molecule has 0 amide bonds. The van der Waals surface area contributed by atoms with Crippen LogP contribution in [0.3, 0.4) is 0 Å². The van der Waals surface area contributed by atoms with Gasteiger partial charge in [0.25, 0.3) is 6.71 Å². The van der Waals surface area contributed by atoms with Gasteiger partial charge in [-0.25, -0.2) is 0 Å². The van der Waals surface area contributed by atoms with E-state index >= 15 is 0 Å². The Bertz CT molecular complexity index is 2690. The molecule has 10 rings (SSSR count). The minimum atomic E-state index is -2.52. The highest BCUT2D eigenvalue weighted by Gasteiger charge is 2.53. The van der Waals surface area contributed by atoms with Crippen molar-refractivity contribution in [2.75, 3.05) is 9.80 Å². The number of nitrogens with zero attached hydrogens (tertiary/aromatic N) is 2. The molecule has 0 bridgehead atoms. The van der Waals surface area contributed by atoms with Gasteiger partial charge in [-0.05, 0) is 91.6 Å². The van der Waals surface area contributed by atoms with Gasteiger partial charge in [-0.1, -0.05) is 179 Å². The van der Waals surface area contributed by atoms with Crippen molar-refractivity contribution in [2.45, 2.75) is 58.9 Å². The predicted octanol–water partition coefficient (Wildman–Crippen LogP) is 10.1. The Labute approximate surface area is 338 Å².